The van der Waals surface area contributed by atoms with Crippen molar-refractivity contribution in [2.24, 2.45) is 0 Å². The van der Waals surface area contributed by atoms with Gasteiger partial charge < -0.3 is 9.64 Å². The van der Waals surface area contributed by atoms with E-state index in [-0.39, 0.29) is 5.82 Å². The number of nitrogens with zero attached hydrogens (tertiary/aromatic N) is 5. The Morgan fingerprint density at radius 2 is 1.92 bits per heavy atom. The summed E-state index contributed by atoms with van der Waals surface area (Å²) in [6, 6.07) is 14.7. The van der Waals surface area contributed by atoms with Crippen molar-refractivity contribution in [3.05, 3.63) is 54.3 Å². The highest BCUT2D eigenvalue weighted by molar-refractivity contribution is 5.93. The van der Waals surface area contributed by atoms with E-state index in [2.05, 4.69) is 15.2 Å². The summed E-state index contributed by atoms with van der Waals surface area (Å²) in [5.41, 5.74) is 1.67. The molecule has 0 saturated carbocycles. The van der Waals surface area contributed by atoms with Gasteiger partial charge in [0.05, 0.1) is 12.1 Å². The van der Waals surface area contributed by atoms with Gasteiger partial charge in [0.2, 0.25) is 0 Å². The monoisotopic (exact) mass is 337 g/mol. The third kappa shape index (κ3) is 2.53. The molecule has 0 bridgehead atoms. The van der Waals surface area contributed by atoms with Gasteiger partial charge in [0.1, 0.15) is 11.6 Å². The molecule has 0 amide bonds. The van der Waals surface area contributed by atoms with Crippen molar-refractivity contribution in [1.29, 1.82) is 0 Å². The quantitative estimate of drug-likeness (QED) is 0.570. The Balaban J connectivity index is 2.02. The van der Waals surface area contributed by atoms with Crippen LogP contribution in [-0.2, 0) is 0 Å². The van der Waals surface area contributed by atoms with Crippen LogP contribution in [0.25, 0.3) is 16.7 Å². The molecule has 25 heavy (non-hydrogen) atoms. The summed E-state index contributed by atoms with van der Waals surface area (Å²) in [6.07, 6.45) is 0. The van der Waals surface area contributed by atoms with Crippen LogP contribution in [0.3, 0.4) is 0 Å². The van der Waals surface area contributed by atoms with Gasteiger partial charge in [-0.1, -0.05) is 23.3 Å². The minimum atomic E-state index is -0.331. The van der Waals surface area contributed by atoms with E-state index in [9.17, 15) is 4.39 Å². The molecule has 2 heterocycles. The number of para-hydroxylation sites is 1. The van der Waals surface area contributed by atoms with Gasteiger partial charge in [-0.2, -0.15) is 4.98 Å². The summed E-state index contributed by atoms with van der Waals surface area (Å²) < 4.78 is 21.2. The summed E-state index contributed by atoms with van der Waals surface area (Å²) in [5, 5.41) is 8.80. The molecule has 0 radical (unpaired) electrons. The second-order valence-electron chi connectivity index (χ2n) is 5.54. The molecule has 7 heteroatoms. The lowest BCUT2D eigenvalue weighted by molar-refractivity contribution is 0.310. The van der Waals surface area contributed by atoms with E-state index in [1.807, 2.05) is 49.2 Å². The fourth-order valence-corrected chi connectivity index (χ4v) is 2.83. The van der Waals surface area contributed by atoms with E-state index in [1.165, 1.54) is 12.1 Å². The summed E-state index contributed by atoms with van der Waals surface area (Å²) in [7, 11) is 1.89. The first-order chi connectivity index (χ1) is 12.2. The molecule has 0 unspecified atom stereocenters. The highest BCUT2D eigenvalue weighted by atomic mass is 19.1. The molecule has 0 fully saturated rings. The number of aromatic nitrogens is 4. The van der Waals surface area contributed by atoms with E-state index >= 15 is 0 Å². The summed E-state index contributed by atoms with van der Waals surface area (Å²) in [6.45, 7) is 2.32. The number of halogens is 1. The second-order valence-corrected chi connectivity index (χ2v) is 5.54. The van der Waals surface area contributed by atoms with E-state index in [4.69, 9.17) is 4.74 Å². The fourth-order valence-electron chi connectivity index (χ4n) is 2.83. The number of benzene rings is 2. The Kier molecular flexibility index (Phi) is 3.68. The van der Waals surface area contributed by atoms with Crippen molar-refractivity contribution >= 4 is 28.2 Å². The molecule has 126 valence electrons. The molecule has 0 saturated heterocycles. The summed E-state index contributed by atoms with van der Waals surface area (Å²) in [4.78, 5) is 6.49. The third-order valence-electron chi connectivity index (χ3n) is 4.00. The number of fused-ring (bicyclic) bond motifs is 3. The minimum Gasteiger partial charge on any atom is -0.464 e. The smallest absolute Gasteiger partial charge is 0.323 e. The van der Waals surface area contributed by atoms with Crippen molar-refractivity contribution in [3.63, 3.8) is 0 Å². The molecule has 4 rings (SSSR count). The molecule has 2 aromatic heterocycles. The Labute approximate surface area is 143 Å². The number of hydrogen-bond donors (Lipinski definition) is 0. The predicted octanol–water partition coefficient (Wildman–Crippen LogP) is 3.58. The minimum absolute atomic E-state index is 0.331. The van der Waals surface area contributed by atoms with E-state index < -0.39 is 0 Å². The topological polar surface area (TPSA) is 55.6 Å². The van der Waals surface area contributed by atoms with Crippen LogP contribution in [0.2, 0.25) is 0 Å². The summed E-state index contributed by atoms with van der Waals surface area (Å²) >= 11 is 0. The molecule has 0 aliphatic heterocycles. The van der Waals surface area contributed by atoms with Crippen molar-refractivity contribution in [2.75, 3.05) is 18.6 Å². The van der Waals surface area contributed by atoms with E-state index in [0.717, 1.165) is 11.2 Å². The van der Waals surface area contributed by atoms with Gasteiger partial charge in [0, 0.05) is 18.1 Å². The Morgan fingerprint density at radius 1 is 1.12 bits per heavy atom. The lowest BCUT2D eigenvalue weighted by Gasteiger charge is -2.20. The fraction of sp³-hybridized carbons (Fsp3) is 0.167. The number of rotatable bonds is 4. The second kappa shape index (κ2) is 6.01. The summed E-state index contributed by atoms with van der Waals surface area (Å²) in [5.74, 6) is 0.673. The first-order valence-corrected chi connectivity index (χ1v) is 7.95. The van der Waals surface area contributed by atoms with Crippen molar-refractivity contribution in [2.45, 2.75) is 6.92 Å². The number of hydrogen-bond acceptors (Lipinski definition) is 5. The molecular weight excluding hydrogens is 321 g/mol. The van der Waals surface area contributed by atoms with Crippen LogP contribution in [0.15, 0.2) is 48.5 Å². The Hall–Kier alpha value is -3.22. The molecule has 2 aromatic carbocycles. The van der Waals surface area contributed by atoms with Crippen LogP contribution in [0, 0.1) is 5.82 Å². The van der Waals surface area contributed by atoms with Crippen LogP contribution in [0.1, 0.15) is 6.92 Å². The zero-order chi connectivity index (χ0) is 17.4. The highest BCUT2D eigenvalue weighted by Crippen LogP contribution is 2.31. The maximum Gasteiger partial charge on any atom is 0.323 e. The van der Waals surface area contributed by atoms with Gasteiger partial charge in [-0.25, -0.2) is 8.79 Å². The average molecular weight is 337 g/mol. The molecule has 0 aliphatic carbocycles. The van der Waals surface area contributed by atoms with E-state index in [1.54, 1.807) is 10.5 Å². The largest absolute Gasteiger partial charge is 0.464 e. The van der Waals surface area contributed by atoms with Crippen molar-refractivity contribution < 1.29 is 9.13 Å². The SMILES string of the molecule is CCOc1nnc2nc(N(C)c3ccccc3)c3cc(F)ccc3n12. The maximum atomic E-state index is 13.9. The normalized spacial score (nSPS) is 11.2. The first-order valence-electron chi connectivity index (χ1n) is 7.95. The van der Waals surface area contributed by atoms with Crippen molar-refractivity contribution in [1.82, 2.24) is 19.6 Å². The van der Waals surface area contributed by atoms with Crippen LogP contribution >= 0.6 is 0 Å². The molecular formula is C18H16FN5O. The molecule has 0 N–H and O–H groups in total. The lowest BCUT2D eigenvalue weighted by atomic mass is 10.2. The maximum absolute atomic E-state index is 13.9. The predicted molar refractivity (Wildman–Crippen MR) is 93.9 cm³/mol. The Bertz CT molecular complexity index is 1050. The molecule has 6 nitrogen and oxygen atoms in total. The van der Waals surface area contributed by atoms with Crippen LogP contribution in [0.5, 0.6) is 6.01 Å². The standard InChI is InChI=1S/C18H16FN5O/c1-3-25-18-22-21-17-20-16(23(2)13-7-5-4-6-8-13)14-11-12(19)9-10-15(14)24(17)18/h4-11H,3H2,1-2H3. The number of ether oxygens (including phenoxy) is 1. The first kappa shape index (κ1) is 15.3. The van der Waals surface area contributed by atoms with Crippen LogP contribution in [-0.4, -0.2) is 33.2 Å². The third-order valence-corrected chi connectivity index (χ3v) is 4.00. The lowest BCUT2D eigenvalue weighted by Crippen LogP contribution is -2.13. The van der Waals surface area contributed by atoms with Crippen molar-refractivity contribution in [3.8, 4) is 6.01 Å². The van der Waals surface area contributed by atoms with Gasteiger partial charge in [-0.05, 0) is 37.3 Å². The Morgan fingerprint density at radius 3 is 2.68 bits per heavy atom. The van der Waals surface area contributed by atoms with Crippen LogP contribution < -0.4 is 9.64 Å². The van der Waals surface area contributed by atoms with Gasteiger partial charge in [0.25, 0.3) is 5.78 Å². The van der Waals surface area contributed by atoms with Crippen LogP contribution in [0.4, 0.5) is 15.9 Å². The highest BCUT2D eigenvalue weighted by Gasteiger charge is 2.18. The van der Waals surface area contributed by atoms with Gasteiger partial charge >= 0.3 is 6.01 Å². The molecule has 0 spiro atoms. The van der Waals surface area contributed by atoms with Gasteiger partial charge in [0.15, 0.2) is 0 Å². The van der Waals surface area contributed by atoms with E-state index in [0.29, 0.717) is 29.6 Å². The zero-order valence-electron chi connectivity index (χ0n) is 13.8. The number of anilines is 2. The molecule has 0 atom stereocenters. The zero-order valence-corrected chi connectivity index (χ0v) is 13.8. The molecule has 4 aromatic rings. The van der Waals surface area contributed by atoms with Gasteiger partial charge in [-0.15, -0.1) is 5.10 Å². The van der Waals surface area contributed by atoms with Gasteiger partial charge in [-0.3, -0.25) is 0 Å². The average Bonchev–Trinajstić information content (AvgIpc) is 3.04. The molecule has 0 aliphatic rings.